The van der Waals surface area contributed by atoms with E-state index < -0.39 is 5.97 Å². The Balaban J connectivity index is 2.91. The van der Waals surface area contributed by atoms with Crippen LogP contribution in [0.25, 0.3) is 10.1 Å². The van der Waals surface area contributed by atoms with Crippen LogP contribution >= 0.6 is 49.9 Å². The second-order valence-corrected chi connectivity index (χ2v) is 5.54. The molecule has 2 nitrogen and oxygen atoms in total. The van der Waals surface area contributed by atoms with Crippen LogP contribution in [0.1, 0.15) is 10.4 Å². The fourth-order valence-corrected chi connectivity index (χ4v) is 3.49. The van der Waals surface area contributed by atoms with Gasteiger partial charge in [0.2, 0.25) is 0 Å². The molecule has 0 aliphatic carbocycles. The van der Waals surface area contributed by atoms with Gasteiger partial charge >= 0.3 is 5.97 Å². The van der Waals surface area contributed by atoms with Gasteiger partial charge in [-0.3, -0.25) is 0 Å². The van der Waals surface area contributed by atoms with Crippen LogP contribution in [0.15, 0.2) is 22.0 Å². The third-order valence-electron chi connectivity index (χ3n) is 1.87. The van der Waals surface area contributed by atoms with Crippen molar-refractivity contribution >= 4 is 65.9 Å². The number of benzene rings is 1. The number of thiophene rings is 1. The predicted octanol–water partition coefficient (Wildman–Crippen LogP) is 3.97. The number of hydrogen-bond acceptors (Lipinski definition) is 2. The number of rotatable bonds is 1. The SMILES string of the molecule is O=C(O)c1cc(Br)c(I)c2sccc12. The summed E-state index contributed by atoms with van der Waals surface area (Å²) in [5.74, 6) is -0.884. The van der Waals surface area contributed by atoms with E-state index in [1.54, 1.807) is 17.4 Å². The van der Waals surface area contributed by atoms with Crippen molar-refractivity contribution in [1.82, 2.24) is 0 Å². The number of carboxylic acid groups (broad SMARTS) is 1. The fraction of sp³-hybridized carbons (Fsp3) is 0. The van der Waals surface area contributed by atoms with Crippen LogP contribution in [0.4, 0.5) is 0 Å². The van der Waals surface area contributed by atoms with Crippen LogP contribution in [0.2, 0.25) is 0 Å². The Morgan fingerprint density at radius 1 is 1.57 bits per heavy atom. The molecule has 2 rings (SSSR count). The van der Waals surface area contributed by atoms with Gasteiger partial charge in [-0.1, -0.05) is 0 Å². The average Bonchev–Trinajstić information content (AvgIpc) is 2.59. The molecule has 0 radical (unpaired) electrons. The summed E-state index contributed by atoms with van der Waals surface area (Å²) in [5.41, 5.74) is 0.355. The summed E-state index contributed by atoms with van der Waals surface area (Å²) in [6, 6.07) is 3.50. The molecular weight excluding hydrogens is 379 g/mol. The molecule has 0 saturated carbocycles. The zero-order valence-corrected chi connectivity index (χ0v) is 11.3. The van der Waals surface area contributed by atoms with E-state index in [0.717, 1.165) is 18.1 Å². The van der Waals surface area contributed by atoms with E-state index in [4.69, 9.17) is 5.11 Å². The molecule has 1 aromatic heterocycles. The van der Waals surface area contributed by atoms with Crippen LogP contribution in [-0.4, -0.2) is 11.1 Å². The third kappa shape index (κ3) is 1.57. The summed E-state index contributed by atoms with van der Waals surface area (Å²) in [6.45, 7) is 0. The molecule has 14 heavy (non-hydrogen) atoms. The van der Waals surface area contributed by atoms with Crippen LogP contribution < -0.4 is 0 Å². The molecule has 5 heteroatoms. The minimum absolute atomic E-state index is 0.355. The molecular formula is C9H4BrIO2S. The Morgan fingerprint density at radius 2 is 2.29 bits per heavy atom. The minimum atomic E-state index is -0.884. The molecule has 0 spiro atoms. The Morgan fingerprint density at radius 3 is 2.93 bits per heavy atom. The minimum Gasteiger partial charge on any atom is -0.478 e. The topological polar surface area (TPSA) is 37.3 Å². The Labute approximate surface area is 106 Å². The number of halogens is 2. The van der Waals surface area contributed by atoms with Gasteiger partial charge in [-0.2, -0.15) is 0 Å². The van der Waals surface area contributed by atoms with Crippen LogP contribution in [0.5, 0.6) is 0 Å². The van der Waals surface area contributed by atoms with E-state index in [2.05, 4.69) is 38.5 Å². The third-order valence-corrected chi connectivity index (χ3v) is 5.65. The first-order valence-corrected chi connectivity index (χ1v) is 6.45. The zero-order chi connectivity index (χ0) is 10.3. The van der Waals surface area contributed by atoms with E-state index in [1.807, 2.05) is 11.4 Å². The molecule has 0 aliphatic heterocycles. The van der Waals surface area contributed by atoms with E-state index in [1.165, 1.54) is 0 Å². The van der Waals surface area contributed by atoms with E-state index in [-0.39, 0.29) is 0 Å². The number of aromatic carboxylic acids is 1. The van der Waals surface area contributed by atoms with Gasteiger partial charge in [-0.25, -0.2) is 4.79 Å². The van der Waals surface area contributed by atoms with Gasteiger partial charge in [0.25, 0.3) is 0 Å². The molecule has 2 aromatic rings. The Hall–Kier alpha value is -0.140. The second-order valence-electron chi connectivity index (χ2n) is 2.69. The van der Waals surface area contributed by atoms with Crippen molar-refractivity contribution in [3.05, 3.63) is 31.1 Å². The van der Waals surface area contributed by atoms with Gasteiger partial charge in [0, 0.05) is 18.1 Å². The van der Waals surface area contributed by atoms with Gasteiger partial charge in [-0.05, 0) is 56.0 Å². The highest BCUT2D eigenvalue weighted by atomic mass is 127. The van der Waals surface area contributed by atoms with E-state index in [0.29, 0.717) is 5.56 Å². The van der Waals surface area contributed by atoms with Gasteiger partial charge in [-0.15, -0.1) is 11.3 Å². The van der Waals surface area contributed by atoms with Crippen molar-refractivity contribution in [1.29, 1.82) is 0 Å². The summed E-state index contributed by atoms with van der Waals surface area (Å²) in [5, 5.41) is 11.7. The van der Waals surface area contributed by atoms with Crippen molar-refractivity contribution in [2.45, 2.75) is 0 Å². The van der Waals surface area contributed by atoms with Gasteiger partial charge in [0.15, 0.2) is 0 Å². The molecule has 0 bridgehead atoms. The van der Waals surface area contributed by atoms with Crippen LogP contribution in [-0.2, 0) is 0 Å². The molecule has 1 heterocycles. The van der Waals surface area contributed by atoms with Crippen molar-refractivity contribution in [2.75, 3.05) is 0 Å². The second kappa shape index (κ2) is 3.79. The zero-order valence-electron chi connectivity index (χ0n) is 6.75. The average molecular weight is 383 g/mol. The summed E-state index contributed by atoms with van der Waals surface area (Å²) in [7, 11) is 0. The Bertz CT molecular complexity index is 521. The fourth-order valence-electron chi connectivity index (χ4n) is 1.24. The first-order chi connectivity index (χ1) is 6.61. The molecule has 0 saturated heterocycles. The summed E-state index contributed by atoms with van der Waals surface area (Å²) in [4.78, 5) is 11.0. The first kappa shape index (κ1) is 10.4. The van der Waals surface area contributed by atoms with Crippen molar-refractivity contribution in [2.24, 2.45) is 0 Å². The summed E-state index contributed by atoms with van der Waals surface area (Å²) >= 11 is 7.12. The van der Waals surface area contributed by atoms with Crippen molar-refractivity contribution < 1.29 is 9.90 Å². The van der Waals surface area contributed by atoms with Crippen molar-refractivity contribution in [3.63, 3.8) is 0 Å². The maximum atomic E-state index is 11.0. The van der Waals surface area contributed by atoms with Crippen molar-refractivity contribution in [3.8, 4) is 0 Å². The lowest BCUT2D eigenvalue weighted by atomic mass is 10.1. The molecule has 1 aromatic carbocycles. The molecule has 0 aliphatic rings. The highest BCUT2D eigenvalue weighted by Gasteiger charge is 2.14. The Kier molecular flexibility index (Phi) is 2.81. The number of hydrogen-bond donors (Lipinski definition) is 1. The summed E-state index contributed by atoms with van der Waals surface area (Å²) < 4.78 is 2.93. The highest BCUT2D eigenvalue weighted by molar-refractivity contribution is 14.1. The molecule has 72 valence electrons. The number of carboxylic acids is 1. The quantitative estimate of drug-likeness (QED) is 0.758. The van der Waals surface area contributed by atoms with Gasteiger partial charge in [0.1, 0.15) is 0 Å². The predicted molar refractivity (Wildman–Crippen MR) is 69.2 cm³/mol. The lowest BCUT2D eigenvalue weighted by Gasteiger charge is -2.02. The molecule has 0 unspecified atom stereocenters. The van der Waals surface area contributed by atoms with Gasteiger partial charge < -0.3 is 5.11 Å². The van der Waals surface area contributed by atoms with Crippen LogP contribution in [0, 0.1) is 3.57 Å². The van der Waals surface area contributed by atoms with Crippen LogP contribution in [0.3, 0.4) is 0 Å². The smallest absolute Gasteiger partial charge is 0.336 e. The van der Waals surface area contributed by atoms with E-state index >= 15 is 0 Å². The van der Waals surface area contributed by atoms with E-state index in [9.17, 15) is 4.79 Å². The maximum absolute atomic E-state index is 11.0. The maximum Gasteiger partial charge on any atom is 0.336 e. The normalized spacial score (nSPS) is 10.7. The lowest BCUT2D eigenvalue weighted by Crippen LogP contribution is -1.97. The molecule has 1 N–H and O–H groups in total. The molecule has 0 fully saturated rings. The highest BCUT2D eigenvalue weighted by Crippen LogP contribution is 2.34. The first-order valence-electron chi connectivity index (χ1n) is 3.69. The molecule has 0 atom stereocenters. The number of fused-ring (bicyclic) bond motifs is 1. The largest absolute Gasteiger partial charge is 0.478 e. The standard InChI is InChI=1S/C9H4BrIO2S/c10-6-3-5(9(12)13)4-1-2-14-8(4)7(6)11/h1-3H,(H,12,13). The van der Waals surface area contributed by atoms with Gasteiger partial charge in [0.05, 0.1) is 5.56 Å². The lowest BCUT2D eigenvalue weighted by molar-refractivity contribution is 0.0699. The molecule has 0 amide bonds. The summed E-state index contributed by atoms with van der Waals surface area (Å²) in [6.07, 6.45) is 0. The number of carbonyl (C=O) groups is 1. The monoisotopic (exact) mass is 382 g/mol.